The van der Waals surface area contributed by atoms with Crippen LogP contribution < -0.4 is 5.11 Å². The largest absolute Gasteiger partial charge is 0.544 e. The highest BCUT2D eigenvalue weighted by Gasteiger charge is 2.25. The van der Waals surface area contributed by atoms with Gasteiger partial charge in [-0.05, 0) is 38.5 Å². The van der Waals surface area contributed by atoms with Gasteiger partial charge < -0.3 is 28.6 Å². The molecule has 0 aromatic rings. The first-order chi connectivity index (χ1) is 29.6. The summed E-state index contributed by atoms with van der Waals surface area (Å²) in [6.07, 6.45) is 49.5. The molecule has 0 aliphatic rings. The Bertz CT molecular complexity index is 1010. The Hall–Kier alpha value is -1.93. The van der Waals surface area contributed by atoms with E-state index in [1.807, 2.05) is 21.1 Å². The molecule has 0 aromatic heterocycles. The van der Waals surface area contributed by atoms with Crippen LogP contribution in [0.15, 0.2) is 12.2 Å². The van der Waals surface area contributed by atoms with Crippen molar-refractivity contribution < 1.29 is 38.2 Å². The highest BCUT2D eigenvalue weighted by Crippen LogP contribution is 2.17. The maximum absolute atomic E-state index is 12.8. The summed E-state index contributed by atoms with van der Waals surface area (Å²) < 4.78 is 17.3. The van der Waals surface area contributed by atoms with Gasteiger partial charge in [0.25, 0.3) is 0 Å². The summed E-state index contributed by atoms with van der Waals surface area (Å²) in [6, 6.07) is -0.723. The van der Waals surface area contributed by atoms with E-state index in [1.165, 1.54) is 180 Å². The summed E-state index contributed by atoms with van der Waals surface area (Å²) >= 11 is 0. The Labute approximate surface area is 378 Å². The molecular weight excluding hydrogens is 763 g/mol. The topological polar surface area (TPSA) is 102 Å². The van der Waals surface area contributed by atoms with E-state index in [2.05, 4.69) is 26.0 Å². The van der Waals surface area contributed by atoms with Crippen molar-refractivity contribution in [1.29, 1.82) is 0 Å². The SMILES string of the molecule is CCCCCCCCCCC/C=C/CCCCCCCC(=O)OCC(COCCC(C(=O)[O-])[N+](C)(C)C)OC(=O)CCCCCCCCCCCCCCCCCCCCC. The van der Waals surface area contributed by atoms with Crippen molar-refractivity contribution in [3.05, 3.63) is 12.2 Å². The summed E-state index contributed by atoms with van der Waals surface area (Å²) in [5.74, 6) is -1.72. The van der Waals surface area contributed by atoms with Crippen LogP contribution in [0, 0.1) is 0 Å². The number of nitrogens with zero attached hydrogens (tertiary/aromatic N) is 1. The molecule has 0 heterocycles. The van der Waals surface area contributed by atoms with Crippen molar-refractivity contribution in [3.63, 3.8) is 0 Å². The zero-order valence-electron chi connectivity index (χ0n) is 41.1. The van der Waals surface area contributed by atoms with Gasteiger partial charge in [0.15, 0.2) is 6.10 Å². The van der Waals surface area contributed by atoms with Gasteiger partial charge in [-0.2, -0.15) is 0 Å². The molecule has 2 unspecified atom stereocenters. The normalized spacial score (nSPS) is 12.9. The van der Waals surface area contributed by atoms with Gasteiger partial charge >= 0.3 is 11.9 Å². The molecule has 0 radical (unpaired) electrons. The number of esters is 2. The number of hydrogen-bond donors (Lipinski definition) is 0. The van der Waals surface area contributed by atoms with Crippen LogP contribution in [0.25, 0.3) is 0 Å². The van der Waals surface area contributed by atoms with Crippen molar-refractivity contribution >= 4 is 17.9 Å². The summed E-state index contributed by atoms with van der Waals surface area (Å²) in [5.41, 5.74) is 0. The average Bonchev–Trinajstić information content (AvgIpc) is 3.22. The van der Waals surface area contributed by atoms with Crippen LogP contribution in [0.4, 0.5) is 0 Å². The number of quaternary nitrogens is 1. The van der Waals surface area contributed by atoms with Crippen molar-refractivity contribution in [3.8, 4) is 0 Å². The van der Waals surface area contributed by atoms with E-state index in [0.717, 1.165) is 44.9 Å². The second-order valence-corrected chi connectivity index (χ2v) is 19.1. The van der Waals surface area contributed by atoms with E-state index in [9.17, 15) is 19.5 Å². The molecule has 0 aromatic carbocycles. The zero-order chi connectivity index (χ0) is 44.9. The number of carboxylic acids is 1. The maximum Gasteiger partial charge on any atom is 0.306 e. The zero-order valence-corrected chi connectivity index (χ0v) is 41.1. The molecule has 0 aliphatic heterocycles. The third-order valence-electron chi connectivity index (χ3n) is 12.2. The lowest BCUT2D eigenvalue weighted by Crippen LogP contribution is -2.55. The summed E-state index contributed by atoms with van der Waals surface area (Å²) in [6.45, 7) is 4.71. The fourth-order valence-electron chi connectivity index (χ4n) is 8.07. The van der Waals surface area contributed by atoms with Crippen LogP contribution >= 0.6 is 0 Å². The van der Waals surface area contributed by atoms with Gasteiger partial charge in [0.05, 0.1) is 40.3 Å². The number of likely N-dealkylation sites (N-methyl/N-ethyl adjacent to an activating group) is 1. The van der Waals surface area contributed by atoms with E-state index >= 15 is 0 Å². The highest BCUT2D eigenvalue weighted by atomic mass is 16.6. The van der Waals surface area contributed by atoms with E-state index in [1.54, 1.807) is 0 Å². The van der Waals surface area contributed by atoms with Crippen molar-refractivity contribution in [2.75, 3.05) is 41.0 Å². The Balaban J connectivity index is 4.21. The summed E-state index contributed by atoms with van der Waals surface area (Å²) in [5, 5.41) is 11.7. The molecule has 61 heavy (non-hydrogen) atoms. The second kappa shape index (κ2) is 44.7. The molecule has 0 bridgehead atoms. The Kier molecular flexibility index (Phi) is 43.3. The van der Waals surface area contributed by atoms with Gasteiger partial charge in [0.2, 0.25) is 0 Å². The van der Waals surface area contributed by atoms with Gasteiger partial charge in [-0.1, -0.05) is 212 Å². The predicted octanol–water partition coefficient (Wildman–Crippen LogP) is 13.7. The van der Waals surface area contributed by atoms with Crippen LogP contribution in [-0.2, 0) is 28.6 Å². The third kappa shape index (κ3) is 43.1. The monoisotopic (exact) mass is 864 g/mol. The van der Waals surface area contributed by atoms with E-state index in [-0.39, 0.29) is 42.7 Å². The predicted molar refractivity (Wildman–Crippen MR) is 254 cm³/mol. The van der Waals surface area contributed by atoms with Crippen LogP contribution in [0.5, 0.6) is 0 Å². The fraction of sp³-hybridized carbons (Fsp3) is 0.906. The molecule has 0 N–H and O–H groups in total. The molecular formula is C53H101NO7. The molecule has 8 heteroatoms. The van der Waals surface area contributed by atoms with Gasteiger partial charge in [-0.15, -0.1) is 0 Å². The minimum absolute atomic E-state index is 0.0444. The van der Waals surface area contributed by atoms with Crippen molar-refractivity contribution in [1.82, 2.24) is 0 Å². The standard InChI is InChI=1S/C53H101NO7/c1-6-8-10-12-14-16-18-20-22-24-26-28-30-32-34-36-38-40-42-44-52(56)61-49(47-59-46-45-50(53(57)58)54(3,4)5)48-60-51(55)43-41-39-37-35-33-31-29-27-25-23-21-19-17-15-13-11-9-7-2/h27,29,49-50H,6-26,28,30-48H2,1-5H3/b29-27+. The number of ether oxygens (including phenoxy) is 3. The van der Waals surface area contributed by atoms with Crippen molar-refractivity contribution in [2.24, 2.45) is 0 Å². The van der Waals surface area contributed by atoms with Crippen LogP contribution in [0.3, 0.4) is 0 Å². The lowest BCUT2D eigenvalue weighted by molar-refractivity contribution is -0.889. The first-order valence-electron chi connectivity index (χ1n) is 26.2. The van der Waals surface area contributed by atoms with E-state index in [0.29, 0.717) is 12.8 Å². The number of hydrogen-bond acceptors (Lipinski definition) is 7. The van der Waals surface area contributed by atoms with Gasteiger partial charge in [0, 0.05) is 19.3 Å². The first-order valence-corrected chi connectivity index (χ1v) is 26.2. The highest BCUT2D eigenvalue weighted by molar-refractivity contribution is 5.70. The molecule has 0 saturated carbocycles. The lowest BCUT2D eigenvalue weighted by Gasteiger charge is -2.34. The number of carbonyl (C=O) groups excluding carboxylic acids is 3. The average molecular weight is 864 g/mol. The molecule has 2 atom stereocenters. The fourth-order valence-corrected chi connectivity index (χ4v) is 8.07. The molecule has 360 valence electrons. The van der Waals surface area contributed by atoms with Crippen LogP contribution in [0.2, 0.25) is 0 Å². The number of rotatable bonds is 48. The van der Waals surface area contributed by atoms with Crippen LogP contribution in [-0.4, -0.2) is 75.5 Å². The Morgan fingerprint density at radius 1 is 0.475 bits per heavy atom. The smallest absolute Gasteiger partial charge is 0.306 e. The lowest BCUT2D eigenvalue weighted by atomic mass is 10.0. The minimum atomic E-state index is -1.12. The number of unbranched alkanes of at least 4 members (excludes halogenated alkanes) is 32. The number of aliphatic carboxylic acids is 1. The molecule has 0 spiro atoms. The van der Waals surface area contributed by atoms with E-state index < -0.39 is 18.1 Å². The van der Waals surface area contributed by atoms with Crippen LogP contribution in [0.1, 0.15) is 258 Å². The first kappa shape index (κ1) is 59.1. The molecule has 0 rings (SSSR count). The van der Waals surface area contributed by atoms with Gasteiger partial charge in [0.1, 0.15) is 12.6 Å². The third-order valence-corrected chi connectivity index (χ3v) is 12.2. The second-order valence-electron chi connectivity index (χ2n) is 19.1. The Morgan fingerprint density at radius 2 is 0.820 bits per heavy atom. The summed E-state index contributed by atoms with van der Waals surface area (Å²) in [7, 11) is 5.43. The minimum Gasteiger partial charge on any atom is -0.544 e. The number of carboxylic acid groups (broad SMARTS) is 1. The molecule has 0 amide bonds. The summed E-state index contributed by atoms with van der Waals surface area (Å²) in [4.78, 5) is 37.0. The Morgan fingerprint density at radius 3 is 1.18 bits per heavy atom. The van der Waals surface area contributed by atoms with Crippen molar-refractivity contribution in [2.45, 2.75) is 270 Å². The van der Waals surface area contributed by atoms with Gasteiger partial charge in [-0.3, -0.25) is 9.59 Å². The molecule has 0 fully saturated rings. The molecule has 0 saturated heterocycles. The quantitative estimate of drug-likeness (QED) is 0.0260. The van der Waals surface area contributed by atoms with E-state index in [4.69, 9.17) is 14.2 Å². The molecule has 8 nitrogen and oxygen atoms in total. The molecule has 0 aliphatic carbocycles. The van der Waals surface area contributed by atoms with Gasteiger partial charge in [-0.25, -0.2) is 0 Å². The number of carbonyl (C=O) groups is 3. The maximum atomic E-state index is 12.8. The number of allylic oxidation sites excluding steroid dienone is 2.